The molecule has 0 aromatic heterocycles. The van der Waals surface area contributed by atoms with Crippen molar-refractivity contribution >= 4 is 11.6 Å². The standard InChI is InChI=1S/C17H18ClNO2/c1-11-3-4-12(15(18)7-11)9-20-13-5-6-14-16(19-2)10-21-17(14)8-13/h3-8,16,19H,9-10H2,1-2H3. The van der Waals surface area contributed by atoms with Crippen LogP contribution in [-0.4, -0.2) is 13.7 Å². The number of aryl methyl sites for hydroxylation is 1. The Morgan fingerprint density at radius 2 is 2.14 bits per heavy atom. The van der Waals surface area contributed by atoms with E-state index in [1.807, 2.05) is 44.3 Å². The molecule has 1 unspecified atom stereocenters. The Labute approximate surface area is 129 Å². The van der Waals surface area contributed by atoms with Crippen LogP contribution in [0.25, 0.3) is 0 Å². The van der Waals surface area contributed by atoms with Gasteiger partial charge in [0.2, 0.25) is 0 Å². The zero-order valence-electron chi connectivity index (χ0n) is 12.2. The second-order valence-electron chi connectivity index (χ2n) is 5.24. The third-order valence-electron chi connectivity index (χ3n) is 3.72. The molecule has 0 radical (unpaired) electrons. The number of hydrogen-bond acceptors (Lipinski definition) is 3. The Morgan fingerprint density at radius 3 is 2.90 bits per heavy atom. The topological polar surface area (TPSA) is 30.5 Å². The summed E-state index contributed by atoms with van der Waals surface area (Å²) in [5.41, 5.74) is 3.31. The lowest BCUT2D eigenvalue weighted by Gasteiger charge is -2.10. The SMILES string of the molecule is CNC1COc2cc(OCc3ccc(C)cc3Cl)ccc21. The van der Waals surface area contributed by atoms with Gasteiger partial charge in [-0.25, -0.2) is 0 Å². The van der Waals surface area contributed by atoms with E-state index in [0.29, 0.717) is 13.2 Å². The Balaban J connectivity index is 1.72. The van der Waals surface area contributed by atoms with Crippen molar-refractivity contribution in [1.29, 1.82) is 0 Å². The largest absolute Gasteiger partial charge is 0.491 e. The van der Waals surface area contributed by atoms with Crippen molar-refractivity contribution in [1.82, 2.24) is 5.32 Å². The average molecular weight is 304 g/mol. The highest BCUT2D eigenvalue weighted by Crippen LogP contribution is 2.35. The van der Waals surface area contributed by atoms with Gasteiger partial charge in [-0.1, -0.05) is 23.7 Å². The third-order valence-corrected chi connectivity index (χ3v) is 4.07. The van der Waals surface area contributed by atoms with Gasteiger partial charge in [0, 0.05) is 22.2 Å². The molecule has 4 heteroatoms. The summed E-state index contributed by atoms with van der Waals surface area (Å²) in [6.07, 6.45) is 0. The van der Waals surface area contributed by atoms with Crippen LogP contribution in [-0.2, 0) is 6.61 Å². The molecule has 21 heavy (non-hydrogen) atoms. The number of hydrogen-bond donors (Lipinski definition) is 1. The number of likely N-dealkylation sites (N-methyl/N-ethyl adjacent to an activating group) is 1. The summed E-state index contributed by atoms with van der Waals surface area (Å²) >= 11 is 6.21. The molecule has 0 saturated heterocycles. The smallest absolute Gasteiger partial charge is 0.127 e. The molecule has 1 heterocycles. The molecule has 0 fully saturated rings. The Bertz CT molecular complexity index is 657. The average Bonchev–Trinajstić information content (AvgIpc) is 2.88. The first-order valence-corrected chi connectivity index (χ1v) is 7.37. The van der Waals surface area contributed by atoms with Crippen LogP contribution in [0.1, 0.15) is 22.7 Å². The third kappa shape index (κ3) is 2.99. The first-order valence-electron chi connectivity index (χ1n) is 6.99. The lowest BCUT2D eigenvalue weighted by molar-refractivity contribution is 0.299. The van der Waals surface area contributed by atoms with Crippen molar-refractivity contribution < 1.29 is 9.47 Å². The molecule has 0 saturated carbocycles. The monoisotopic (exact) mass is 303 g/mol. The number of fused-ring (bicyclic) bond motifs is 1. The molecular weight excluding hydrogens is 286 g/mol. The fourth-order valence-corrected chi connectivity index (χ4v) is 2.74. The molecule has 1 aliphatic rings. The van der Waals surface area contributed by atoms with Gasteiger partial charge in [-0.2, -0.15) is 0 Å². The molecular formula is C17H18ClNO2. The molecule has 1 aliphatic heterocycles. The second kappa shape index (κ2) is 5.96. The van der Waals surface area contributed by atoms with Gasteiger partial charge < -0.3 is 14.8 Å². The van der Waals surface area contributed by atoms with Crippen molar-refractivity contribution in [2.24, 2.45) is 0 Å². The molecule has 0 aliphatic carbocycles. The zero-order chi connectivity index (χ0) is 14.8. The first-order chi connectivity index (χ1) is 10.2. The summed E-state index contributed by atoms with van der Waals surface area (Å²) in [4.78, 5) is 0. The first kappa shape index (κ1) is 14.2. The fraction of sp³-hybridized carbons (Fsp3) is 0.294. The van der Waals surface area contributed by atoms with E-state index in [-0.39, 0.29) is 6.04 Å². The van der Waals surface area contributed by atoms with Crippen molar-refractivity contribution in [3.63, 3.8) is 0 Å². The van der Waals surface area contributed by atoms with E-state index in [2.05, 4.69) is 11.4 Å². The maximum Gasteiger partial charge on any atom is 0.127 e. The van der Waals surface area contributed by atoms with Crippen LogP contribution >= 0.6 is 11.6 Å². The minimum Gasteiger partial charge on any atom is -0.491 e. The summed E-state index contributed by atoms with van der Waals surface area (Å²) in [6.45, 7) is 3.14. The number of rotatable bonds is 4. The molecule has 0 amide bonds. The van der Waals surface area contributed by atoms with Crippen molar-refractivity contribution in [3.8, 4) is 11.5 Å². The van der Waals surface area contributed by atoms with Gasteiger partial charge >= 0.3 is 0 Å². The summed E-state index contributed by atoms with van der Waals surface area (Å²) in [5.74, 6) is 1.68. The van der Waals surface area contributed by atoms with Crippen LogP contribution < -0.4 is 14.8 Å². The minimum absolute atomic E-state index is 0.264. The van der Waals surface area contributed by atoms with Crippen molar-refractivity contribution in [2.75, 3.05) is 13.7 Å². The summed E-state index contributed by atoms with van der Waals surface area (Å²) in [7, 11) is 1.94. The molecule has 3 rings (SSSR count). The highest BCUT2D eigenvalue weighted by Gasteiger charge is 2.22. The highest BCUT2D eigenvalue weighted by atomic mass is 35.5. The van der Waals surface area contributed by atoms with Crippen LogP contribution in [0.2, 0.25) is 5.02 Å². The van der Waals surface area contributed by atoms with Crippen molar-refractivity contribution in [3.05, 3.63) is 58.1 Å². The Hall–Kier alpha value is -1.71. The van der Waals surface area contributed by atoms with Crippen molar-refractivity contribution in [2.45, 2.75) is 19.6 Å². The van der Waals surface area contributed by atoms with Gasteiger partial charge in [-0.15, -0.1) is 0 Å². The highest BCUT2D eigenvalue weighted by molar-refractivity contribution is 6.31. The van der Waals surface area contributed by atoms with Crippen LogP contribution in [0.15, 0.2) is 36.4 Å². The van der Waals surface area contributed by atoms with E-state index < -0.39 is 0 Å². The molecule has 3 nitrogen and oxygen atoms in total. The lowest BCUT2D eigenvalue weighted by atomic mass is 10.1. The van der Waals surface area contributed by atoms with E-state index in [1.165, 1.54) is 5.56 Å². The van der Waals surface area contributed by atoms with Gasteiger partial charge in [0.15, 0.2) is 0 Å². The van der Waals surface area contributed by atoms with Gasteiger partial charge in [0.1, 0.15) is 24.7 Å². The van der Waals surface area contributed by atoms with E-state index in [1.54, 1.807) is 0 Å². The predicted octanol–water partition coefficient (Wildman–Crippen LogP) is 3.88. The van der Waals surface area contributed by atoms with Crippen LogP contribution in [0.5, 0.6) is 11.5 Å². The van der Waals surface area contributed by atoms with Crippen LogP contribution in [0.3, 0.4) is 0 Å². The lowest BCUT2D eigenvalue weighted by Crippen LogP contribution is -2.17. The summed E-state index contributed by atoms with van der Waals surface area (Å²) < 4.78 is 11.5. The summed E-state index contributed by atoms with van der Waals surface area (Å²) in [5, 5.41) is 3.97. The molecule has 2 aromatic rings. The number of benzene rings is 2. The molecule has 1 atom stereocenters. The number of ether oxygens (including phenoxy) is 2. The molecule has 2 aromatic carbocycles. The predicted molar refractivity (Wildman–Crippen MR) is 84.3 cm³/mol. The van der Waals surface area contributed by atoms with E-state index in [4.69, 9.17) is 21.1 Å². The van der Waals surface area contributed by atoms with E-state index in [9.17, 15) is 0 Å². The van der Waals surface area contributed by atoms with Crippen LogP contribution in [0.4, 0.5) is 0 Å². The normalized spacial score (nSPS) is 16.4. The molecule has 0 bridgehead atoms. The van der Waals surface area contributed by atoms with Gasteiger partial charge in [0.25, 0.3) is 0 Å². The zero-order valence-corrected chi connectivity index (χ0v) is 12.9. The fourth-order valence-electron chi connectivity index (χ4n) is 2.45. The Kier molecular flexibility index (Phi) is 4.04. The minimum atomic E-state index is 0.264. The number of nitrogens with one attached hydrogen (secondary N) is 1. The second-order valence-corrected chi connectivity index (χ2v) is 5.64. The maximum absolute atomic E-state index is 6.21. The van der Waals surface area contributed by atoms with Gasteiger partial charge in [-0.05, 0) is 37.7 Å². The van der Waals surface area contributed by atoms with Crippen LogP contribution in [0, 0.1) is 6.92 Å². The van der Waals surface area contributed by atoms with E-state index >= 15 is 0 Å². The van der Waals surface area contributed by atoms with Gasteiger partial charge in [-0.3, -0.25) is 0 Å². The quantitative estimate of drug-likeness (QED) is 0.930. The molecule has 110 valence electrons. The maximum atomic E-state index is 6.21. The Morgan fingerprint density at radius 1 is 1.29 bits per heavy atom. The number of halogens is 1. The molecule has 0 spiro atoms. The van der Waals surface area contributed by atoms with E-state index in [0.717, 1.165) is 27.6 Å². The molecule has 1 N–H and O–H groups in total. The summed E-state index contributed by atoms with van der Waals surface area (Å²) in [6, 6.07) is 12.2. The van der Waals surface area contributed by atoms with Gasteiger partial charge in [0.05, 0.1) is 6.04 Å².